The van der Waals surface area contributed by atoms with E-state index in [2.05, 4.69) is 54.4 Å². The molecule has 2 heteroatoms. The van der Waals surface area contributed by atoms with Gasteiger partial charge in [-0.1, -0.05) is 42.5 Å². The predicted octanol–water partition coefficient (Wildman–Crippen LogP) is 3.47. The smallest absolute Gasteiger partial charge is 0.0314 e. The third-order valence-corrected chi connectivity index (χ3v) is 4.57. The van der Waals surface area contributed by atoms with Crippen molar-refractivity contribution in [2.75, 3.05) is 25.9 Å². The zero-order valence-electron chi connectivity index (χ0n) is 12.8. The molecule has 0 aromatic heterocycles. The van der Waals surface area contributed by atoms with E-state index >= 15 is 0 Å². The van der Waals surface area contributed by atoms with Crippen molar-refractivity contribution in [3.63, 3.8) is 0 Å². The van der Waals surface area contributed by atoms with Crippen LogP contribution in [-0.4, -0.2) is 25.0 Å². The molecule has 3 rings (SSSR count). The van der Waals surface area contributed by atoms with Gasteiger partial charge in [0.05, 0.1) is 0 Å². The van der Waals surface area contributed by atoms with Crippen LogP contribution in [-0.2, 0) is 11.8 Å². The summed E-state index contributed by atoms with van der Waals surface area (Å²) in [7, 11) is 2.24. The summed E-state index contributed by atoms with van der Waals surface area (Å²) in [4.78, 5) is 2.47. The van der Waals surface area contributed by atoms with E-state index in [1.54, 1.807) is 0 Å². The summed E-state index contributed by atoms with van der Waals surface area (Å²) < 4.78 is 0. The Bertz CT molecular complexity index is 570. The van der Waals surface area contributed by atoms with E-state index < -0.39 is 0 Å². The van der Waals surface area contributed by atoms with Crippen LogP contribution in [0.15, 0.2) is 54.6 Å². The van der Waals surface area contributed by atoms with E-state index in [1.165, 1.54) is 24.0 Å². The van der Waals surface area contributed by atoms with Gasteiger partial charge < -0.3 is 10.6 Å². The molecule has 0 bridgehead atoms. The van der Waals surface area contributed by atoms with Crippen molar-refractivity contribution >= 4 is 5.69 Å². The van der Waals surface area contributed by atoms with Crippen LogP contribution in [0.1, 0.15) is 24.0 Å². The van der Waals surface area contributed by atoms with Crippen molar-refractivity contribution in [3.05, 3.63) is 65.7 Å². The second-order valence-electron chi connectivity index (χ2n) is 6.38. The van der Waals surface area contributed by atoms with Gasteiger partial charge in [0, 0.05) is 24.2 Å². The van der Waals surface area contributed by atoms with Crippen LogP contribution in [0.25, 0.3) is 0 Å². The van der Waals surface area contributed by atoms with E-state index in [0.717, 1.165) is 25.2 Å². The molecule has 1 aliphatic rings. The van der Waals surface area contributed by atoms with Crippen molar-refractivity contribution in [2.24, 2.45) is 0 Å². The topological polar surface area (TPSA) is 29.3 Å². The number of nitrogens with two attached hydrogens (primary N) is 1. The molecule has 2 nitrogen and oxygen atoms in total. The van der Waals surface area contributed by atoms with Gasteiger partial charge in [0.15, 0.2) is 0 Å². The fourth-order valence-electron chi connectivity index (χ4n) is 3.09. The van der Waals surface area contributed by atoms with Crippen LogP contribution < -0.4 is 5.73 Å². The average Bonchev–Trinajstić information content (AvgIpc) is 3.27. The highest BCUT2D eigenvalue weighted by Gasteiger charge is 2.44. The quantitative estimate of drug-likeness (QED) is 0.821. The van der Waals surface area contributed by atoms with Crippen LogP contribution in [0, 0.1) is 0 Å². The number of benzene rings is 2. The van der Waals surface area contributed by atoms with Gasteiger partial charge in [0.2, 0.25) is 0 Å². The zero-order valence-corrected chi connectivity index (χ0v) is 12.8. The maximum absolute atomic E-state index is 5.79. The molecule has 0 unspecified atom stereocenters. The molecular weight excluding hydrogens is 256 g/mol. The van der Waals surface area contributed by atoms with Gasteiger partial charge in [-0.2, -0.15) is 0 Å². The highest BCUT2D eigenvalue weighted by molar-refractivity contribution is 5.43. The van der Waals surface area contributed by atoms with Gasteiger partial charge in [0.25, 0.3) is 0 Å². The number of likely N-dealkylation sites (N-methyl/N-ethyl adjacent to an activating group) is 1. The SMILES string of the molecule is CN(CCc1ccccc1)CC1(c2ccc(N)cc2)CC1. The molecule has 110 valence electrons. The van der Waals surface area contributed by atoms with Crippen LogP contribution in [0.2, 0.25) is 0 Å². The zero-order chi connectivity index (χ0) is 14.7. The molecule has 0 amide bonds. The first-order chi connectivity index (χ1) is 10.2. The summed E-state index contributed by atoms with van der Waals surface area (Å²) in [5.74, 6) is 0. The first kappa shape index (κ1) is 14.2. The number of nitrogens with zero attached hydrogens (tertiary/aromatic N) is 1. The predicted molar refractivity (Wildman–Crippen MR) is 89.4 cm³/mol. The van der Waals surface area contributed by atoms with Crippen LogP contribution in [0.3, 0.4) is 0 Å². The molecule has 1 saturated carbocycles. The van der Waals surface area contributed by atoms with Gasteiger partial charge in [-0.15, -0.1) is 0 Å². The Morgan fingerprint density at radius 1 is 1.00 bits per heavy atom. The van der Waals surface area contributed by atoms with Crippen molar-refractivity contribution in [3.8, 4) is 0 Å². The normalized spacial score (nSPS) is 16.1. The monoisotopic (exact) mass is 280 g/mol. The Hall–Kier alpha value is -1.80. The lowest BCUT2D eigenvalue weighted by Crippen LogP contribution is -2.31. The van der Waals surface area contributed by atoms with Crippen molar-refractivity contribution in [2.45, 2.75) is 24.7 Å². The van der Waals surface area contributed by atoms with Gasteiger partial charge in [-0.25, -0.2) is 0 Å². The van der Waals surface area contributed by atoms with E-state index in [9.17, 15) is 0 Å². The van der Waals surface area contributed by atoms with Crippen LogP contribution in [0.5, 0.6) is 0 Å². The standard InChI is InChI=1S/C19H24N2/c1-21(14-11-16-5-3-2-4-6-16)15-19(12-13-19)17-7-9-18(20)10-8-17/h2-10H,11-15,20H2,1H3. The molecule has 2 aromatic carbocycles. The molecule has 0 spiro atoms. The lowest BCUT2D eigenvalue weighted by atomic mass is 9.95. The second-order valence-corrected chi connectivity index (χ2v) is 6.38. The molecule has 0 atom stereocenters. The Morgan fingerprint density at radius 3 is 2.29 bits per heavy atom. The summed E-state index contributed by atoms with van der Waals surface area (Å²) in [6, 6.07) is 19.2. The number of hydrogen-bond acceptors (Lipinski definition) is 2. The van der Waals surface area contributed by atoms with E-state index in [-0.39, 0.29) is 0 Å². The largest absolute Gasteiger partial charge is 0.399 e. The summed E-state index contributed by atoms with van der Waals surface area (Å²) >= 11 is 0. The fourth-order valence-corrected chi connectivity index (χ4v) is 3.09. The third-order valence-electron chi connectivity index (χ3n) is 4.57. The molecule has 2 aromatic rings. The highest BCUT2D eigenvalue weighted by Crippen LogP contribution is 2.48. The summed E-state index contributed by atoms with van der Waals surface area (Å²) in [5.41, 5.74) is 9.89. The Labute approximate surface area is 127 Å². The van der Waals surface area contributed by atoms with Crippen molar-refractivity contribution < 1.29 is 0 Å². The molecule has 0 heterocycles. The fraction of sp³-hybridized carbons (Fsp3) is 0.368. The molecular formula is C19H24N2. The minimum absolute atomic E-state index is 0.374. The third kappa shape index (κ3) is 3.45. The number of hydrogen-bond donors (Lipinski definition) is 1. The van der Waals surface area contributed by atoms with Gasteiger partial charge in [0.1, 0.15) is 0 Å². The summed E-state index contributed by atoms with van der Waals surface area (Å²) in [6.45, 7) is 2.25. The van der Waals surface area contributed by atoms with Gasteiger partial charge >= 0.3 is 0 Å². The Balaban J connectivity index is 1.57. The van der Waals surface area contributed by atoms with Crippen LogP contribution in [0.4, 0.5) is 5.69 Å². The maximum atomic E-state index is 5.79. The summed E-state index contributed by atoms with van der Waals surface area (Å²) in [6.07, 6.45) is 3.72. The lowest BCUT2D eigenvalue weighted by molar-refractivity contribution is 0.305. The number of anilines is 1. The molecule has 0 aliphatic heterocycles. The molecule has 1 aliphatic carbocycles. The minimum atomic E-state index is 0.374. The van der Waals surface area contributed by atoms with E-state index in [0.29, 0.717) is 5.41 Å². The molecule has 1 fully saturated rings. The van der Waals surface area contributed by atoms with Gasteiger partial charge in [-0.3, -0.25) is 0 Å². The van der Waals surface area contributed by atoms with E-state index in [4.69, 9.17) is 5.73 Å². The first-order valence-corrected chi connectivity index (χ1v) is 7.76. The molecule has 2 N–H and O–H groups in total. The van der Waals surface area contributed by atoms with E-state index in [1.807, 2.05) is 12.1 Å². The highest BCUT2D eigenvalue weighted by atomic mass is 15.1. The molecule has 0 saturated heterocycles. The number of nitrogen functional groups attached to an aromatic ring is 1. The average molecular weight is 280 g/mol. The van der Waals surface area contributed by atoms with Gasteiger partial charge in [-0.05, 0) is 49.6 Å². The number of rotatable bonds is 6. The molecule has 0 radical (unpaired) electrons. The lowest BCUT2D eigenvalue weighted by Gasteiger charge is -2.24. The Morgan fingerprint density at radius 2 is 1.67 bits per heavy atom. The first-order valence-electron chi connectivity index (χ1n) is 7.76. The Kier molecular flexibility index (Phi) is 3.98. The van der Waals surface area contributed by atoms with Crippen LogP contribution >= 0.6 is 0 Å². The van der Waals surface area contributed by atoms with Crippen molar-refractivity contribution in [1.82, 2.24) is 4.90 Å². The second kappa shape index (κ2) is 5.90. The summed E-state index contributed by atoms with van der Waals surface area (Å²) in [5, 5.41) is 0. The minimum Gasteiger partial charge on any atom is -0.399 e. The maximum Gasteiger partial charge on any atom is 0.0314 e. The molecule has 21 heavy (non-hydrogen) atoms. The van der Waals surface area contributed by atoms with Crippen molar-refractivity contribution in [1.29, 1.82) is 0 Å².